The quantitative estimate of drug-likeness (QED) is 0.724. The number of amides is 1. The fourth-order valence-electron chi connectivity index (χ4n) is 1.22. The predicted octanol–water partition coefficient (Wildman–Crippen LogP) is 1.65. The van der Waals surface area contributed by atoms with E-state index in [0.717, 1.165) is 24.4 Å². The molecule has 0 aliphatic carbocycles. The van der Waals surface area contributed by atoms with Crippen molar-refractivity contribution >= 4 is 17.2 Å². The fraction of sp³-hybridized carbons (Fsp3) is 0.545. The molecule has 1 aromatic rings. The zero-order chi connectivity index (χ0) is 11.1. The van der Waals surface area contributed by atoms with Crippen molar-refractivity contribution in [1.82, 2.24) is 10.6 Å². The third-order valence-corrected chi connectivity index (χ3v) is 3.30. The smallest absolute Gasteiger partial charge is 0.261 e. The van der Waals surface area contributed by atoms with Crippen molar-refractivity contribution in [3.05, 3.63) is 21.9 Å². The van der Waals surface area contributed by atoms with Crippen molar-refractivity contribution in [1.29, 1.82) is 0 Å². The molecule has 1 heterocycles. The van der Waals surface area contributed by atoms with Crippen LogP contribution in [0.15, 0.2) is 12.1 Å². The molecule has 4 heteroatoms. The minimum absolute atomic E-state index is 0.0394. The lowest BCUT2D eigenvalue weighted by atomic mass is 10.3. The van der Waals surface area contributed by atoms with Crippen molar-refractivity contribution in [2.24, 2.45) is 0 Å². The second kappa shape index (κ2) is 6.58. The van der Waals surface area contributed by atoms with Crippen LogP contribution >= 0.6 is 11.3 Å². The second-order valence-electron chi connectivity index (χ2n) is 3.23. The molecule has 3 nitrogen and oxygen atoms in total. The summed E-state index contributed by atoms with van der Waals surface area (Å²) in [6.45, 7) is 6.60. The predicted molar refractivity (Wildman–Crippen MR) is 64.6 cm³/mol. The molecule has 1 amide bonds. The molecule has 0 bridgehead atoms. The Morgan fingerprint density at radius 3 is 2.73 bits per heavy atom. The highest BCUT2D eigenvalue weighted by Gasteiger charge is 2.07. The number of carbonyl (C=O) groups excluding carboxylic acids is 1. The van der Waals surface area contributed by atoms with Crippen LogP contribution in [-0.2, 0) is 6.42 Å². The molecule has 0 unspecified atom stereocenters. The number of carbonyl (C=O) groups is 1. The van der Waals surface area contributed by atoms with Crippen LogP contribution < -0.4 is 10.6 Å². The van der Waals surface area contributed by atoms with Gasteiger partial charge in [0.15, 0.2) is 0 Å². The van der Waals surface area contributed by atoms with E-state index in [0.29, 0.717) is 6.54 Å². The van der Waals surface area contributed by atoms with Crippen molar-refractivity contribution in [3.8, 4) is 0 Å². The summed E-state index contributed by atoms with van der Waals surface area (Å²) in [5.74, 6) is 0.0394. The number of aryl methyl sites for hydroxylation is 1. The maximum absolute atomic E-state index is 11.6. The van der Waals surface area contributed by atoms with Crippen molar-refractivity contribution < 1.29 is 4.79 Å². The normalized spacial score (nSPS) is 10.3. The molecular weight excluding hydrogens is 208 g/mol. The summed E-state index contributed by atoms with van der Waals surface area (Å²) >= 11 is 1.57. The number of hydrogen-bond donors (Lipinski definition) is 2. The van der Waals surface area contributed by atoms with Gasteiger partial charge in [-0.1, -0.05) is 13.8 Å². The number of likely N-dealkylation sites (N-methyl/N-ethyl adjacent to an activating group) is 1. The molecule has 0 atom stereocenters. The van der Waals surface area contributed by atoms with Crippen LogP contribution in [0.3, 0.4) is 0 Å². The summed E-state index contributed by atoms with van der Waals surface area (Å²) in [4.78, 5) is 13.7. The molecule has 0 aromatic carbocycles. The minimum Gasteiger partial charge on any atom is -0.350 e. The Labute approximate surface area is 94.9 Å². The van der Waals surface area contributed by atoms with E-state index < -0.39 is 0 Å². The van der Waals surface area contributed by atoms with E-state index in [-0.39, 0.29) is 5.91 Å². The van der Waals surface area contributed by atoms with Crippen LogP contribution in [-0.4, -0.2) is 25.5 Å². The number of rotatable bonds is 6. The number of nitrogens with one attached hydrogen (secondary N) is 2. The lowest BCUT2D eigenvalue weighted by Crippen LogP contribution is -2.31. The van der Waals surface area contributed by atoms with Gasteiger partial charge in [-0.25, -0.2) is 0 Å². The molecule has 0 saturated heterocycles. The van der Waals surface area contributed by atoms with E-state index in [1.807, 2.05) is 12.1 Å². The third-order valence-electron chi connectivity index (χ3n) is 2.07. The summed E-state index contributed by atoms with van der Waals surface area (Å²) in [5.41, 5.74) is 0. The van der Waals surface area contributed by atoms with Gasteiger partial charge in [0.1, 0.15) is 0 Å². The molecule has 1 aromatic heterocycles. The van der Waals surface area contributed by atoms with Gasteiger partial charge in [0.25, 0.3) is 5.91 Å². The molecule has 0 aliphatic rings. The van der Waals surface area contributed by atoms with Crippen molar-refractivity contribution in [2.45, 2.75) is 20.3 Å². The lowest BCUT2D eigenvalue weighted by Gasteiger charge is -2.03. The van der Waals surface area contributed by atoms with Gasteiger partial charge < -0.3 is 10.6 Å². The van der Waals surface area contributed by atoms with Crippen LogP contribution in [0.1, 0.15) is 28.4 Å². The summed E-state index contributed by atoms with van der Waals surface area (Å²) in [7, 11) is 0. The average molecular weight is 226 g/mol. The molecule has 0 aliphatic heterocycles. The zero-order valence-corrected chi connectivity index (χ0v) is 10.1. The highest BCUT2D eigenvalue weighted by Crippen LogP contribution is 2.16. The van der Waals surface area contributed by atoms with Crippen LogP contribution in [0.4, 0.5) is 0 Å². The molecule has 0 saturated carbocycles. The molecule has 0 spiro atoms. The lowest BCUT2D eigenvalue weighted by molar-refractivity contribution is 0.0958. The number of thiophene rings is 1. The van der Waals surface area contributed by atoms with Gasteiger partial charge in [-0.15, -0.1) is 11.3 Å². The molecule has 2 N–H and O–H groups in total. The first-order chi connectivity index (χ1) is 7.27. The molecule has 15 heavy (non-hydrogen) atoms. The Balaban J connectivity index is 2.33. The zero-order valence-electron chi connectivity index (χ0n) is 9.30. The summed E-state index contributed by atoms with van der Waals surface area (Å²) in [6.07, 6.45) is 0.995. The topological polar surface area (TPSA) is 41.1 Å². The molecule has 1 rings (SSSR count). The van der Waals surface area contributed by atoms with Gasteiger partial charge >= 0.3 is 0 Å². The maximum Gasteiger partial charge on any atom is 0.261 e. The Kier molecular flexibility index (Phi) is 5.36. The van der Waals surface area contributed by atoms with Crippen LogP contribution in [0, 0.1) is 0 Å². The van der Waals surface area contributed by atoms with E-state index in [2.05, 4.69) is 24.5 Å². The molecule has 0 fully saturated rings. The average Bonchev–Trinajstić information content (AvgIpc) is 2.72. The Morgan fingerprint density at radius 2 is 2.13 bits per heavy atom. The van der Waals surface area contributed by atoms with Crippen LogP contribution in [0.25, 0.3) is 0 Å². The van der Waals surface area contributed by atoms with Gasteiger partial charge in [0.05, 0.1) is 4.88 Å². The van der Waals surface area contributed by atoms with Crippen LogP contribution in [0.5, 0.6) is 0 Å². The number of hydrogen-bond acceptors (Lipinski definition) is 3. The van der Waals surface area contributed by atoms with Gasteiger partial charge in [-0.2, -0.15) is 0 Å². The van der Waals surface area contributed by atoms with E-state index >= 15 is 0 Å². The van der Waals surface area contributed by atoms with Crippen molar-refractivity contribution in [3.63, 3.8) is 0 Å². The van der Waals surface area contributed by atoms with Gasteiger partial charge in [0.2, 0.25) is 0 Å². The largest absolute Gasteiger partial charge is 0.350 e. The summed E-state index contributed by atoms with van der Waals surface area (Å²) < 4.78 is 0. The van der Waals surface area contributed by atoms with E-state index in [9.17, 15) is 4.79 Å². The van der Waals surface area contributed by atoms with E-state index in [1.54, 1.807) is 11.3 Å². The van der Waals surface area contributed by atoms with E-state index in [4.69, 9.17) is 0 Å². The summed E-state index contributed by atoms with van der Waals surface area (Å²) in [5, 5.41) is 6.04. The molecular formula is C11H18N2OS. The Bertz CT molecular complexity index is 309. The van der Waals surface area contributed by atoms with Crippen molar-refractivity contribution in [2.75, 3.05) is 19.6 Å². The monoisotopic (exact) mass is 226 g/mol. The fourth-order valence-corrected chi connectivity index (χ4v) is 2.08. The maximum atomic E-state index is 11.6. The van der Waals surface area contributed by atoms with Gasteiger partial charge in [0, 0.05) is 18.0 Å². The van der Waals surface area contributed by atoms with Gasteiger partial charge in [-0.3, -0.25) is 4.79 Å². The first kappa shape index (κ1) is 12.2. The third kappa shape index (κ3) is 4.01. The second-order valence-corrected chi connectivity index (χ2v) is 4.40. The highest BCUT2D eigenvalue weighted by molar-refractivity contribution is 7.14. The molecule has 0 radical (unpaired) electrons. The SMILES string of the molecule is CCNCCNC(=O)c1ccc(CC)s1. The Morgan fingerprint density at radius 1 is 1.33 bits per heavy atom. The highest BCUT2D eigenvalue weighted by atomic mass is 32.1. The standard InChI is InChI=1S/C11H18N2OS/c1-3-9-5-6-10(15-9)11(14)13-8-7-12-4-2/h5-6,12H,3-4,7-8H2,1-2H3,(H,13,14). The van der Waals surface area contributed by atoms with Crippen LogP contribution in [0.2, 0.25) is 0 Å². The first-order valence-electron chi connectivity index (χ1n) is 5.35. The molecule has 84 valence electrons. The van der Waals surface area contributed by atoms with E-state index in [1.165, 1.54) is 4.88 Å². The van der Waals surface area contributed by atoms with Gasteiger partial charge in [-0.05, 0) is 25.1 Å². The summed E-state index contributed by atoms with van der Waals surface area (Å²) in [6, 6.07) is 3.91. The minimum atomic E-state index is 0.0394. The Hall–Kier alpha value is -0.870. The first-order valence-corrected chi connectivity index (χ1v) is 6.17.